The summed E-state index contributed by atoms with van der Waals surface area (Å²) in [6.07, 6.45) is 9.01. The molecule has 182 valence electrons. The zero-order chi connectivity index (χ0) is 23.0. The van der Waals surface area contributed by atoms with Crippen LogP contribution in [0.3, 0.4) is 0 Å². The fourth-order valence-corrected chi connectivity index (χ4v) is 5.69. The predicted octanol–water partition coefficient (Wildman–Crippen LogP) is 3.91. The zero-order valence-corrected chi connectivity index (χ0v) is 20.0. The van der Waals surface area contributed by atoms with E-state index >= 15 is 0 Å². The molecule has 33 heavy (non-hydrogen) atoms. The van der Waals surface area contributed by atoms with Gasteiger partial charge in [-0.15, -0.1) is 0 Å². The van der Waals surface area contributed by atoms with Crippen LogP contribution in [-0.2, 0) is 14.3 Å². The van der Waals surface area contributed by atoms with Gasteiger partial charge in [-0.2, -0.15) is 0 Å². The highest BCUT2D eigenvalue weighted by Gasteiger charge is 2.39. The molecule has 3 unspecified atom stereocenters. The van der Waals surface area contributed by atoms with Gasteiger partial charge in [0.05, 0.1) is 0 Å². The largest absolute Gasteiger partial charge is 0.459 e. The van der Waals surface area contributed by atoms with Crippen LogP contribution in [0.4, 0.5) is 0 Å². The van der Waals surface area contributed by atoms with Crippen molar-refractivity contribution in [2.24, 2.45) is 5.92 Å². The fraction of sp³-hybridized carbons (Fsp3) is 0.667. The monoisotopic (exact) mass is 456 g/mol. The van der Waals surface area contributed by atoms with Crippen LogP contribution in [-0.4, -0.2) is 72.5 Å². The van der Waals surface area contributed by atoms with E-state index in [0.717, 1.165) is 37.9 Å². The maximum Gasteiger partial charge on any atom is 0.288 e. The van der Waals surface area contributed by atoms with Crippen molar-refractivity contribution in [2.45, 2.75) is 70.1 Å². The molecule has 3 atom stereocenters. The fourth-order valence-electron chi connectivity index (χ4n) is 5.69. The first-order chi connectivity index (χ1) is 16.2. The van der Waals surface area contributed by atoms with E-state index in [2.05, 4.69) is 17.0 Å². The van der Waals surface area contributed by atoms with Crippen LogP contribution < -0.4 is 0 Å². The van der Waals surface area contributed by atoms with Crippen molar-refractivity contribution in [3.05, 3.63) is 47.7 Å². The Kier molecular flexibility index (Phi) is 8.82. The van der Waals surface area contributed by atoms with Gasteiger partial charge in [0.2, 0.25) is 6.29 Å². The van der Waals surface area contributed by atoms with Crippen molar-refractivity contribution in [3.63, 3.8) is 0 Å². The molecule has 2 fully saturated rings. The number of nitrogens with zero attached hydrogens (tertiary/aromatic N) is 2. The number of piperidine rings is 2. The minimum Gasteiger partial charge on any atom is -0.459 e. The molecule has 0 radical (unpaired) electrons. The van der Waals surface area contributed by atoms with Gasteiger partial charge in [-0.25, -0.2) is 0 Å². The number of ether oxygens (including phenoxy) is 2. The highest BCUT2D eigenvalue weighted by molar-refractivity contribution is 5.92. The first kappa shape index (κ1) is 24.2. The Morgan fingerprint density at radius 2 is 1.82 bits per heavy atom. The Morgan fingerprint density at radius 3 is 2.48 bits per heavy atom. The minimum atomic E-state index is -0.485. The Hall–Kier alpha value is -1.89. The van der Waals surface area contributed by atoms with Gasteiger partial charge in [0.1, 0.15) is 0 Å². The molecule has 3 aliphatic heterocycles. The molecule has 0 spiro atoms. The van der Waals surface area contributed by atoms with E-state index in [1.165, 1.54) is 32.4 Å². The van der Waals surface area contributed by atoms with E-state index in [-0.39, 0.29) is 24.3 Å². The molecule has 3 aliphatic rings. The van der Waals surface area contributed by atoms with Crippen LogP contribution in [0, 0.1) is 5.92 Å². The second kappa shape index (κ2) is 12.0. The molecule has 6 nitrogen and oxygen atoms in total. The van der Waals surface area contributed by atoms with Gasteiger partial charge in [0.15, 0.2) is 5.76 Å². The van der Waals surface area contributed by atoms with Crippen molar-refractivity contribution >= 4 is 5.91 Å². The number of aliphatic hydroxyl groups is 1. The topological polar surface area (TPSA) is 62.2 Å². The Bertz CT molecular complexity index is 770. The average Bonchev–Trinajstić information content (AvgIpc) is 2.88. The molecule has 3 heterocycles. The van der Waals surface area contributed by atoms with Crippen LogP contribution in [0.2, 0.25) is 0 Å². The normalized spacial score (nSPS) is 27.2. The summed E-state index contributed by atoms with van der Waals surface area (Å²) in [6, 6.07) is 10.9. The molecule has 0 bridgehead atoms. The van der Waals surface area contributed by atoms with Gasteiger partial charge in [-0.05, 0) is 70.2 Å². The van der Waals surface area contributed by atoms with Gasteiger partial charge in [0.25, 0.3) is 5.91 Å². The Balaban J connectivity index is 1.49. The number of carbonyl (C=O) groups is 1. The number of hydrogen-bond acceptors (Lipinski definition) is 5. The molecule has 2 saturated heterocycles. The lowest BCUT2D eigenvalue weighted by Gasteiger charge is -2.41. The SMILES string of the molecule is CCOC1OC(C(=O)N2CCC(N3CCCCC3)CC2)=CC(c2ccccc2)C1CCCO. The zero-order valence-electron chi connectivity index (χ0n) is 20.0. The number of aliphatic hydroxyl groups excluding tert-OH is 1. The van der Waals surface area contributed by atoms with E-state index in [1.54, 1.807) is 0 Å². The van der Waals surface area contributed by atoms with Gasteiger partial charge < -0.3 is 24.4 Å². The molecule has 6 heteroatoms. The third-order valence-electron chi connectivity index (χ3n) is 7.47. The molecule has 1 N–H and O–H groups in total. The number of benzene rings is 1. The summed E-state index contributed by atoms with van der Waals surface area (Å²) in [5.41, 5.74) is 1.16. The maximum absolute atomic E-state index is 13.5. The molecule has 0 saturated carbocycles. The van der Waals surface area contributed by atoms with Gasteiger partial charge in [-0.1, -0.05) is 36.8 Å². The number of allylic oxidation sites excluding steroid dienone is 1. The minimum absolute atomic E-state index is 0.0154. The molecule has 4 rings (SSSR count). The summed E-state index contributed by atoms with van der Waals surface area (Å²) < 4.78 is 12.2. The van der Waals surface area contributed by atoms with Crippen LogP contribution in [0.1, 0.15) is 63.4 Å². The van der Waals surface area contributed by atoms with Crippen molar-refractivity contribution in [1.82, 2.24) is 9.80 Å². The molecular weight excluding hydrogens is 416 g/mol. The summed E-state index contributed by atoms with van der Waals surface area (Å²) in [6.45, 7) is 6.58. The number of hydrogen-bond donors (Lipinski definition) is 1. The van der Waals surface area contributed by atoms with Crippen LogP contribution in [0.5, 0.6) is 0 Å². The van der Waals surface area contributed by atoms with Gasteiger partial charge in [-0.3, -0.25) is 4.79 Å². The first-order valence-electron chi connectivity index (χ1n) is 12.9. The summed E-state index contributed by atoms with van der Waals surface area (Å²) in [5, 5.41) is 9.43. The summed E-state index contributed by atoms with van der Waals surface area (Å²) in [7, 11) is 0. The highest BCUT2D eigenvalue weighted by Crippen LogP contribution is 2.39. The van der Waals surface area contributed by atoms with Gasteiger partial charge in [0, 0.05) is 44.2 Å². The first-order valence-corrected chi connectivity index (χ1v) is 12.9. The molecule has 0 aliphatic carbocycles. The molecule has 0 aromatic heterocycles. The van der Waals surface area contributed by atoms with Crippen molar-refractivity contribution < 1.29 is 19.4 Å². The van der Waals surface area contributed by atoms with Crippen LogP contribution in [0.25, 0.3) is 0 Å². The van der Waals surface area contributed by atoms with Crippen molar-refractivity contribution in [2.75, 3.05) is 39.4 Å². The van der Waals surface area contributed by atoms with E-state index in [9.17, 15) is 9.90 Å². The average molecular weight is 457 g/mol. The standard InChI is InChI=1S/C27H40N2O4/c1-2-32-27-23(12-9-19-30)24(21-10-5-3-6-11-21)20-25(33-27)26(31)29-17-13-22(14-18-29)28-15-7-4-8-16-28/h3,5-6,10-11,20,22-24,27,30H,2,4,7-9,12-19H2,1H3. The highest BCUT2D eigenvalue weighted by atomic mass is 16.7. The summed E-state index contributed by atoms with van der Waals surface area (Å²) in [4.78, 5) is 18.1. The third-order valence-corrected chi connectivity index (χ3v) is 7.47. The molecule has 1 aromatic carbocycles. The number of likely N-dealkylation sites (tertiary alicyclic amines) is 2. The van der Waals surface area contributed by atoms with Crippen molar-refractivity contribution in [1.29, 1.82) is 0 Å². The second-order valence-corrected chi connectivity index (χ2v) is 9.56. The van der Waals surface area contributed by atoms with E-state index in [0.29, 0.717) is 24.8 Å². The molecule has 1 aromatic rings. The summed E-state index contributed by atoms with van der Waals surface area (Å²) >= 11 is 0. The third kappa shape index (κ3) is 5.97. The summed E-state index contributed by atoms with van der Waals surface area (Å²) in [5.74, 6) is 0.478. The van der Waals surface area contributed by atoms with E-state index in [1.807, 2.05) is 36.1 Å². The molecule has 1 amide bonds. The van der Waals surface area contributed by atoms with Crippen LogP contribution >= 0.6 is 0 Å². The van der Waals surface area contributed by atoms with E-state index in [4.69, 9.17) is 9.47 Å². The lowest BCUT2D eigenvalue weighted by atomic mass is 9.80. The predicted molar refractivity (Wildman–Crippen MR) is 129 cm³/mol. The van der Waals surface area contributed by atoms with E-state index < -0.39 is 6.29 Å². The van der Waals surface area contributed by atoms with Crippen molar-refractivity contribution in [3.8, 4) is 0 Å². The number of amides is 1. The maximum atomic E-state index is 13.5. The quantitative estimate of drug-likeness (QED) is 0.643. The van der Waals surface area contributed by atoms with Gasteiger partial charge >= 0.3 is 0 Å². The number of rotatable bonds is 8. The number of carbonyl (C=O) groups excluding carboxylic acids is 1. The lowest BCUT2D eigenvalue weighted by Crippen LogP contribution is -2.49. The Labute approximate surface area is 198 Å². The smallest absolute Gasteiger partial charge is 0.288 e. The lowest BCUT2D eigenvalue weighted by molar-refractivity contribution is -0.171. The molecular formula is C27H40N2O4. The van der Waals surface area contributed by atoms with Crippen LogP contribution in [0.15, 0.2) is 42.2 Å². The Morgan fingerprint density at radius 1 is 1.09 bits per heavy atom. The second-order valence-electron chi connectivity index (χ2n) is 9.56.